The van der Waals surface area contributed by atoms with Crippen molar-refractivity contribution >= 4 is 21.6 Å². The summed E-state index contributed by atoms with van der Waals surface area (Å²) in [6.07, 6.45) is -16.3. The summed E-state index contributed by atoms with van der Waals surface area (Å²) in [6, 6.07) is 0. The van der Waals surface area contributed by atoms with Gasteiger partial charge in [0.15, 0.2) is 0 Å². The Hall–Kier alpha value is -1.89. The molecule has 0 aliphatic carbocycles. The Morgan fingerprint density at radius 2 is 0.842 bits per heavy atom. The highest BCUT2D eigenvalue weighted by Gasteiger charge is 2.95. The minimum atomic E-state index is -9.14. The summed E-state index contributed by atoms with van der Waals surface area (Å²) in [5, 5.41) is -14.6. The maximum atomic E-state index is 13.5. The molecule has 0 aliphatic heterocycles. The second kappa shape index (κ2) is 9.07. The normalized spacial score (nSPS) is 16.3. The number of hydrogen-bond acceptors (Lipinski definition) is 3. The van der Waals surface area contributed by atoms with Crippen LogP contribution in [0.3, 0.4) is 0 Å². The number of alkyl halides is 21. The molecule has 0 heterocycles. The first-order chi connectivity index (χ1) is 16.0. The first kappa shape index (κ1) is 36.1. The number of hydrogen-bond donors (Lipinski definition) is 0. The predicted molar refractivity (Wildman–Crippen MR) is 74.5 cm³/mol. The van der Waals surface area contributed by atoms with E-state index in [1.165, 1.54) is 0 Å². The molecule has 0 atom stereocenters. The molecule has 0 saturated heterocycles. The summed E-state index contributed by atoms with van der Waals surface area (Å²) in [6.45, 7) is 0. The Balaban J connectivity index is 6.97. The van der Waals surface area contributed by atoms with Gasteiger partial charge in [-0.05, 0) is 17.1 Å². The molecule has 0 spiro atoms. The molecule has 0 rings (SSSR count). The van der Waals surface area contributed by atoms with E-state index < -0.39 is 68.4 Å². The number of sulfonamides is 1. The van der Waals surface area contributed by atoms with E-state index in [-0.39, 0.29) is 0 Å². The molecule has 0 aromatic carbocycles. The molecule has 0 radical (unpaired) electrons. The summed E-state index contributed by atoms with van der Waals surface area (Å²) in [5.74, 6) is -53.0. The van der Waals surface area contributed by atoms with Crippen LogP contribution in [0.2, 0.25) is 0 Å². The number of ether oxygens (including phenoxy) is 1. The lowest BCUT2D eigenvalue weighted by Gasteiger charge is -2.43. The molecule has 0 unspecified atom stereocenters. The third-order valence-corrected chi connectivity index (χ3v) is 5.17. The van der Waals surface area contributed by atoms with E-state index in [1.54, 1.807) is 0 Å². The van der Waals surface area contributed by atoms with E-state index in [0.29, 0.717) is 0 Å². The molecule has 0 amide bonds. The topological polar surface area (TPSA) is 92.1 Å². The van der Waals surface area contributed by atoms with Crippen LogP contribution in [0.15, 0.2) is 4.52 Å². The molecular formula is C10ClF20N3O3S. The molecule has 6 nitrogen and oxygen atoms in total. The molecule has 0 saturated carbocycles. The fourth-order valence-electron chi connectivity index (χ4n) is 1.68. The molecule has 38 heavy (non-hydrogen) atoms. The first-order valence-electron chi connectivity index (χ1n) is 7.50. The van der Waals surface area contributed by atoms with Gasteiger partial charge in [0, 0.05) is 9.43 Å². The molecular weight excluding hydrogens is 658 g/mol. The molecule has 28 heteroatoms. The number of azide groups is 1. The minimum absolute atomic E-state index is 0.893. The second-order valence-electron chi connectivity index (χ2n) is 6.24. The number of halogens is 21. The van der Waals surface area contributed by atoms with E-state index in [0.717, 1.165) is 14.2 Å². The average Bonchev–Trinajstić information content (AvgIpc) is 2.64. The van der Waals surface area contributed by atoms with Gasteiger partial charge in [-0.15, -0.1) is 0 Å². The van der Waals surface area contributed by atoms with Gasteiger partial charge in [-0.1, -0.05) is 0 Å². The van der Waals surface area contributed by atoms with Crippen molar-refractivity contribution in [1.82, 2.24) is 0 Å². The largest absolute Gasteiger partial charge is 0.441 e. The Bertz CT molecular complexity index is 1060. The van der Waals surface area contributed by atoms with Crippen LogP contribution in [-0.4, -0.2) is 66.8 Å². The highest BCUT2D eigenvalue weighted by Crippen LogP contribution is 2.64. The van der Waals surface area contributed by atoms with Crippen molar-refractivity contribution in [2.45, 2.75) is 58.4 Å². The van der Waals surface area contributed by atoms with Crippen molar-refractivity contribution in [1.29, 1.82) is 0 Å². The van der Waals surface area contributed by atoms with Crippen LogP contribution < -0.4 is 0 Å². The molecule has 0 N–H and O–H groups in total. The van der Waals surface area contributed by atoms with Gasteiger partial charge in [0.25, 0.3) is 0 Å². The molecule has 0 aromatic heterocycles. The van der Waals surface area contributed by atoms with Gasteiger partial charge in [-0.3, -0.25) is 0 Å². The third-order valence-electron chi connectivity index (χ3n) is 3.76. The predicted octanol–water partition coefficient (Wildman–Crippen LogP) is 7.06. The lowest BCUT2D eigenvalue weighted by atomic mass is 9.91. The van der Waals surface area contributed by atoms with Gasteiger partial charge in [0.1, 0.15) is 0 Å². The number of nitrogens with zero attached hydrogens (tertiary/aromatic N) is 3. The number of rotatable bonds is 12. The van der Waals surface area contributed by atoms with Crippen LogP contribution in [0.4, 0.5) is 87.8 Å². The standard InChI is InChI=1S/C10ClF20N3O3S/c11-7(24,25)5(20,21)3(16,17)1(12,13)2(14,15)4(18,19)6(22,23)8(26,27)37-9(28,29)10(30,31)38(35,36)34-33-32. The van der Waals surface area contributed by atoms with Gasteiger partial charge in [-0.2, -0.15) is 87.8 Å². The van der Waals surface area contributed by atoms with Crippen molar-refractivity contribution in [3.63, 3.8) is 0 Å². The van der Waals surface area contributed by atoms with Crippen LogP contribution in [0, 0.1) is 0 Å². The van der Waals surface area contributed by atoms with Gasteiger partial charge in [-0.25, -0.2) is 13.2 Å². The lowest BCUT2D eigenvalue weighted by molar-refractivity contribution is -0.503. The summed E-state index contributed by atoms with van der Waals surface area (Å²) in [4.78, 5) is 0.926. The smallest absolute Gasteiger partial charge is 0.244 e. The van der Waals surface area contributed by atoms with Crippen molar-refractivity contribution in [3.05, 3.63) is 10.4 Å². The van der Waals surface area contributed by atoms with E-state index in [1.807, 2.05) is 0 Å². The highest BCUT2D eigenvalue weighted by atomic mass is 35.5. The Labute approximate surface area is 197 Å². The van der Waals surface area contributed by atoms with E-state index >= 15 is 0 Å². The highest BCUT2D eigenvalue weighted by molar-refractivity contribution is 7.91. The molecule has 226 valence electrons. The van der Waals surface area contributed by atoms with Crippen molar-refractivity contribution in [2.75, 3.05) is 0 Å². The summed E-state index contributed by atoms with van der Waals surface area (Å²) >= 11 is 3.27. The van der Waals surface area contributed by atoms with E-state index in [9.17, 15) is 96.2 Å². The molecule has 0 fully saturated rings. The van der Waals surface area contributed by atoms with Gasteiger partial charge >= 0.3 is 68.4 Å². The summed E-state index contributed by atoms with van der Waals surface area (Å²) < 4.78 is 287. The van der Waals surface area contributed by atoms with Crippen LogP contribution in [-0.2, 0) is 14.8 Å². The van der Waals surface area contributed by atoms with Crippen LogP contribution >= 0.6 is 11.6 Å². The fraction of sp³-hybridized carbons (Fsp3) is 1.00. The summed E-state index contributed by atoms with van der Waals surface area (Å²) in [7, 11) is -7.52. The van der Waals surface area contributed by atoms with Gasteiger partial charge in [0.05, 0.1) is 0 Å². The average molecular weight is 658 g/mol. The van der Waals surface area contributed by atoms with Crippen molar-refractivity contribution in [2.24, 2.45) is 4.52 Å². The Morgan fingerprint density at radius 1 is 0.553 bits per heavy atom. The van der Waals surface area contributed by atoms with Gasteiger partial charge in [0.2, 0.25) is 0 Å². The van der Waals surface area contributed by atoms with Crippen LogP contribution in [0.25, 0.3) is 10.4 Å². The van der Waals surface area contributed by atoms with Crippen molar-refractivity contribution < 1.29 is 101 Å². The zero-order valence-corrected chi connectivity index (χ0v) is 17.5. The summed E-state index contributed by atoms with van der Waals surface area (Å²) in [5.41, 5.74) is 7.61. The Morgan fingerprint density at radius 3 is 1.13 bits per heavy atom. The quantitative estimate of drug-likeness (QED) is 0.0740. The first-order valence-corrected chi connectivity index (χ1v) is 9.31. The lowest BCUT2D eigenvalue weighted by Crippen LogP contribution is -2.75. The van der Waals surface area contributed by atoms with Gasteiger partial charge < -0.3 is 0 Å². The SMILES string of the molecule is [N-]=[N+]=NS(=O)(=O)C(F)(F)C(F)(F)OC(F)(F)C(F)(F)C(F)(F)C(F)(F)C(F)(F)C(F)(F)C(F)(F)C(F)(F)Cl. The van der Waals surface area contributed by atoms with Crippen LogP contribution in [0.1, 0.15) is 0 Å². The Kier molecular flexibility index (Phi) is 8.62. The fourth-order valence-corrected chi connectivity index (χ4v) is 2.34. The van der Waals surface area contributed by atoms with Crippen molar-refractivity contribution in [3.8, 4) is 0 Å². The second-order valence-corrected chi connectivity index (χ2v) is 8.34. The monoisotopic (exact) mass is 657 g/mol. The molecule has 0 aromatic rings. The zero-order chi connectivity index (χ0) is 31.6. The van der Waals surface area contributed by atoms with Crippen LogP contribution in [0.5, 0.6) is 0 Å². The minimum Gasteiger partial charge on any atom is -0.244 e. The maximum absolute atomic E-state index is 13.5. The zero-order valence-electron chi connectivity index (χ0n) is 15.9. The van der Waals surface area contributed by atoms with E-state index in [2.05, 4.69) is 11.6 Å². The molecule has 0 bridgehead atoms. The third kappa shape index (κ3) is 4.71. The maximum Gasteiger partial charge on any atom is 0.441 e. The van der Waals surface area contributed by atoms with E-state index in [4.69, 9.17) is 5.53 Å². The molecule has 0 aliphatic rings.